The number of carbonyl (C=O) groups is 1. The molecule has 0 unspecified atom stereocenters. The molecular weight excluding hydrogens is 296 g/mol. The number of anilines is 1. The zero-order chi connectivity index (χ0) is 16.6. The molecule has 1 aliphatic heterocycles. The van der Waals surface area contributed by atoms with Crippen molar-refractivity contribution in [2.75, 3.05) is 31.1 Å². The molecule has 0 atom stereocenters. The third-order valence-electron chi connectivity index (χ3n) is 5.09. The van der Waals surface area contributed by atoms with Crippen LogP contribution in [0.3, 0.4) is 0 Å². The van der Waals surface area contributed by atoms with E-state index in [1.54, 1.807) is 7.05 Å². The van der Waals surface area contributed by atoms with Crippen molar-refractivity contribution < 1.29 is 4.79 Å². The van der Waals surface area contributed by atoms with Crippen molar-refractivity contribution >= 4 is 11.7 Å². The van der Waals surface area contributed by atoms with Crippen molar-refractivity contribution in [3.63, 3.8) is 0 Å². The molecule has 1 saturated heterocycles. The van der Waals surface area contributed by atoms with E-state index in [4.69, 9.17) is 0 Å². The molecule has 1 aliphatic carbocycles. The number of hydrogen-bond donors (Lipinski definition) is 0. The minimum atomic E-state index is -0.320. The second-order valence-corrected chi connectivity index (χ2v) is 6.54. The number of rotatable bonds is 2. The van der Waals surface area contributed by atoms with Crippen LogP contribution in [0.1, 0.15) is 25.7 Å². The monoisotopic (exact) mass is 320 g/mol. The number of nitrogens with zero attached hydrogens (tertiary/aromatic N) is 4. The fourth-order valence-corrected chi connectivity index (χ4v) is 3.31. The Morgan fingerprint density at radius 3 is 2.39 bits per heavy atom. The third-order valence-corrected chi connectivity index (χ3v) is 5.09. The summed E-state index contributed by atoms with van der Waals surface area (Å²) in [6.07, 6.45) is 4.04. The average molecular weight is 320 g/mol. The van der Waals surface area contributed by atoms with Crippen LogP contribution >= 0.6 is 0 Å². The molecule has 0 radical (unpaired) electrons. The third kappa shape index (κ3) is 2.92. The molecule has 2 aliphatic rings. The van der Waals surface area contributed by atoms with Gasteiger partial charge < -0.3 is 9.80 Å². The van der Waals surface area contributed by atoms with Crippen molar-refractivity contribution in [1.29, 1.82) is 0 Å². The first-order chi connectivity index (χ1) is 11.0. The van der Waals surface area contributed by atoms with E-state index in [2.05, 4.69) is 0 Å². The Balaban J connectivity index is 1.77. The summed E-state index contributed by atoms with van der Waals surface area (Å²) < 4.78 is 2.61. The van der Waals surface area contributed by atoms with Gasteiger partial charge in [0, 0.05) is 52.3 Å². The van der Waals surface area contributed by atoms with Crippen LogP contribution in [0.2, 0.25) is 0 Å². The number of carbonyl (C=O) groups excluding carboxylic acids is 1. The van der Waals surface area contributed by atoms with Gasteiger partial charge in [-0.15, -0.1) is 0 Å². The highest BCUT2D eigenvalue weighted by Crippen LogP contribution is 2.28. The summed E-state index contributed by atoms with van der Waals surface area (Å²) in [7, 11) is 3.16. The Kier molecular flexibility index (Phi) is 4.28. The predicted octanol–water partition coefficient (Wildman–Crippen LogP) is -0.0772. The van der Waals surface area contributed by atoms with Crippen molar-refractivity contribution in [2.24, 2.45) is 20.0 Å². The Bertz CT molecular complexity index is 717. The Labute approximate surface area is 135 Å². The van der Waals surface area contributed by atoms with E-state index in [-0.39, 0.29) is 23.1 Å². The SMILES string of the molecule is Cn1c(N2CCCN(C(=O)C3CCC3)CC2)cc(=O)n(C)c1=O. The highest BCUT2D eigenvalue weighted by atomic mass is 16.2. The second-order valence-electron chi connectivity index (χ2n) is 6.54. The quantitative estimate of drug-likeness (QED) is 0.765. The maximum absolute atomic E-state index is 12.4. The first kappa shape index (κ1) is 15.8. The molecule has 2 heterocycles. The standard InChI is InChI=1S/C16H24N4O3/c1-17-13(11-14(21)18(2)16(17)23)19-7-4-8-20(10-9-19)15(22)12-5-3-6-12/h11-12H,3-10H2,1-2H3. The highest BCUT2D eigenvalue weighted by Gasteiger charge is 2.30. The maximum atomic E-state index is 12.4. The molecule has 1 amide bonds. The minimum Gasteiger partial charge on any atom is -0.356 e. The lowest BCUT2D eigenvalue weighted by molar-refractivity contribution is -0.137. The summed E-state index contributed by atoms with van der Waals surface area (Å²) in [5.41, 5.74) is -0.617. The molecule has 1 saturated carbocycles. The van der Waals surface area contributed by atoms with E-state index in [0.29, 0.717) is 18.9 Å². The highest BCUT2D eigenvalue weighted by molar-refractivity contribution is 5.79. The van der Waals surface area contributed by atoms with Crippen LogP contribution < -0.4 is 16.1 Å². The normalized spacial score (nSPS) is 19.4. The summed E-state index contributed by atoms with van der Waals surface area (Å²) in [6.45, 7) is 2.80. The van der Waals surface area contributed by atoms with E-state index >= 15 is 0 Å². The van der Waals surface area contributed by atoms with Gasteiger partial charge in [0.25, 0.3) is 5.56 Å². The molecule has 3 rings (SSSR count). The van der Waals surface area contributed by atoms with Gasteiger partial charge in [0.15, 0.2) is 0 Å². The Morgan fingerprint density at radius 2 is 1.74 bits per heavy atom. The van der Waals surface area contributed by atoms with Gasteiger partial charge in [-0.3, -0.25) is 18.7 Å². The molecule has 0 spiro atoms. The van der Waals surface area contributed by atoms with E-state index in [1.165, 1.54) is 17.7 Å². The van der Waals surface area contributed by atoms with Crippen LogP contribution in [0.5, 0.6) is 0 Å². The molecule has 7 heteroatoms. The van der Waals surface area contributed by atoms with Crippen molar-refractivity contribution in [3.05, 3.63) is 26.9 Å². The van der Waals surface area contributed by atoms with Crippen LogP contribution in [-0.4, -0.2) is 46.1 Å². The van der Waals surface area contributed by atoms with Gasteiger partial charge in [-0.2, -0.15) is 0 Å². The topological polar surface area (TPSA) is 67.5 Å². The first-order valence-electron chi connectivity index (χ1n) is 8.30. The van der Waals surface area contributed by atoms with Gasteiger partial charge >= 0.3 is 5.69 Å². The van der Waals surface area contributed by atoms with E-state index in [0.717, 1.165) is 43.3 Å². The van der Waals surface area contributed by atoms with E-state index < -0.39 is 0 Å². The van der Waals surface area contributed by atoms with Crippen molar-refractivity contribution in [2.45, 2.75) is 25.7 Å². The van der Waals surface area contributed by atoms with Crippen molar-refractivity contribution in [1.82, 2.24) is 14.0 Å². The average Bonchev–Trinajstić information content (AvgIpc) is 2.73. The summed E-state index contributed by atoms with van der Waals surface area (Å²) in [5.74, 6) is 1.13. The van der Waals surface area contributed by atoms with Gasteiger partial charge in [0.1, 0.15) is 5.82 Å². The van der Waals surface area contributed by atoms with Gasteiger partial charge in [-0.1, -0.05) is 6.42 Å². The first-order valence-corrected chi connectivity index (χ1v) is 8.30. The van der Waals surface area contributed by atoms with E-state index in [1.807, 2.05) is 9.80 Å². The maximum Gasteiger partial charge on any atom is 0.332 e. The fraction of sp³-hybridized carbons (Fsp3) is 0.688. The van der Waals surface area contributed by atoms with Crippen LogP contribution in [0, 0.1) is 5.92 Å². The summed E-state index contributed by atoms with van der Waals surface area (Å²) in [4.78, 5) is 40.4. The summed E-state index contributed by atoms with van der Waals surface area (Å²) in [6, 6.07) is 1.50. The molecule has 0 bridgehead atoms. The lowest BCUT2D eigenvalue weighted by atomic mass is 9.84. The number of amides is 1. The molecule has 2 fully saturated rings. The fourth-order valence-electron chi connectivity index (χ4n) is 3.31. The smallest absolute Gasteiger partial charge is 0.332 e. The van der Waals surface area contributed by atoms with E-state index in [9.17, 15) is 14.4 Å². The number of hydrogen-bond acceptors (Lipinski definition) is 4. The molecule has 126 valence electrons. The van der Waals surface area contributed by atoms with Crippen LogP contribution in [0.25, 0.3) is 0 Å². The summed E-state index contributed by atoms with van der Waals surface area (Å²) >= 11 is 0. The molecule has 0 N–H and O–H groups in total. The molecule has 1 aromatic rings. The molecule has 1 aromatic heterocycles. The number of aromatic nitrogens is 2. The van der Waals surface area contributed by atoms with Crippen LogP contribution in [0.4, 0.5) is 5.82 Å². The molecule has 23 heavy (non-hydrogen) atoms. The van der Waals surface area contributed by atoms with Gasteiger partial charge in [-0.25, -0.2) is 4.79 Å². The lowest BCUT2D eigenvalue weighted by Crippen LogP contribution is -2.43. The van der Waals surface area contributed by atoms with Crippen LogP contribution in [-0.2, 0) is 18.9 Å². The minimum absolute atomic E-state index is 0.218. The summed E-state index contributed by atoms with van der Waals surface area (Å²) in [5, 5.41) is 0. The molecular formula is C16H24N4O3. The Hall–Kier alpha value is -2.05. The second kappa shape index (κ2) is 6.22. The lowest BCUT2D eigenvalue weighted by Gasteiger charge is -2.31. The zero-order valence-corrected chi connectivity index (χ0v) is 13.8. The largest absolute Gasteiger partial charge is 0.356 e. The van der Waals surface area contributed by atoms with Crippen LogP contribution in [0.15, 0.2) is 15.7 Å². The predicted molar refractivity (Wildman–Crippen MR) is 87.7 cm³/mol. The van der Waals surface area contributed by atoms with Gasteiger partial charge in [0.05, 0.1) is 0 Å². The van der Waals surface area contributed by atoms with Gasteiger partial charge in [0.2, 0.25) is 5.91 Å². The van der Waals surface area contributed by atoms with Gasteiger partial charge in [-0.05, 0) is 19.3 Å². The van der Waals surface area contributed by atoms with Crippen molar-refractivity contribution in [3.8, 4) is 0 Å². The molecule has 7 nitrogen and oxygen atoms in total. The molecule has 0 aromatic carbocycles. The zero-order valence-electron chi connectivity index (χ0n) is 13.8. The Morgan fingerprint density at radius 1 is 1.00 bits per heavy atom.